The number of rotatable bonds is 2. The highest BCUT2D eigenvalue weighted by molar-refractivity contribution is 8.00. The van der Waals surface area contributed by atoms with Gasteiger partial charge >= 0.3 is 0 Å². The van der Waals surface area contributed by atoms with E-state index in [1.807, 2.05) is 12.1 Å². The fourth-order valence-corrected chi connectivity index (χ4v) is 2.66. The number of hydrogen-bond donors (Lipinski definition) is 2. The first-order valence-corrected chi connectivity index (χ1v) is 6.29. The van der Waals surface area contributed by atoms with E-state index in [4.69, 9.17) is 5.73 Å². The van der Waals surface area contributed by atoms with Gasteiger partial charge in [-0.25, -0.2) is 4.98 Å². The highest BCUT2D eigenvalue weighted by Crippen LogP contribution is 2.26. The lowest BCUT2D eigenvalue weighted by Gasteiger charge is -2.11. The maximum absolute atomic E-state index is 11.7. The molecule has 0 radical (unpaired) electrons. The van der Waals surface area contributed by atoms with E-state index in [9.17, 15) is 4.79 Å². The summed E-state index contributed by atoms with van der Waals surface area (Å²) >= 11 is 1.52. The number of anilines is 1. The number of hydrogen-bond acceptors (Lipinski definition) is 4. The molecule has 1 saturated heterocycles. The van der Waals surface area contributed by atoms with Crippen LogP contribution in [0.4, 0.5) is 5.69 Å². The van der Waals surface area contributed by atoms with Gasteiger partial charge in [0.05, 0.1) is 22.2 Å². The summed E-state index contributed by atoms with van der Waals surface area (Å²) in [4.78, 5) is 15.9. The summed E-state index contributed by atoms with van der Waals surface area (Å²) in [7, 11) is 0. The minimum atomic E-state index is -0.0152. The quantitative estimate of drug-likeness (QED) is 0.816. The zero-order valence-corrected chi connectivity index (χ0v) is 9.80. The van der Waals surface area contributed by atoms with Gasteiger partial charge in [0.2, 0.25) is 5.91 Å². The number of thioether (sulfide) groups is 1. The number of nitrogens with one attached hydrogen (secondary N) is 1. The van der Waals surface area contributed by atoms with Gasteiger partial charge in [0.25, 0.3) is 0 Å². The fourth-order valence-electron chi connectivity index (χ4n) is 1.63. The van der Waals surface area contributed by atoms with Gasteiger partial charge in [0.1, 0.15) is 0 Å². The van der Waals surface area contributed by atoms with E-state index in [1.54, 1.807) is 6.20 Å². The fraction of sp³-hybridized carbons (Fsp3) is 0.455. The Bertz CT molecular complexity index is 366. The highest BCUT2D eigenvalue weighted by Gasteiger charge is 2.21. The van der Waals surface area contributed by atoms with Crippen molar-refractivity contribution in [2.45, 2.75) is 29.5 Å². The third-order valence-electron chi connectivity index (χ3n) is 2.51. The average Bonchev–Trinajstić information content (AvgIpc) is 2.48. The van der Waals surface area contributed by atoms with Crippen LogP contribution in [0.1, 0.15) is 19.3 Å². The summed E-state index contributed by atoms with van der Waals surface area (Å²) in [6, 6.07) is 3.67. The Hall–Kier alpha value is -1.23. The van der Waals surface area contributed by atoms with E-state index in [0.717, 1.165) is 30.8 Å². The smallest absolute Gasteiger partial charge is 0.233 e. The summed E-state index contributed by atoms with van der Waals surface area (Å²) in [6.07, 6.45) is 4.70. The lowest BCUT2D eigenvalue weighted by molar-refractivity contribution is -0.120. The van der Waals surface area contributed by atoms with Gasteiger partial charge in [0.15, 0.2) is 0 Å². The van der Waals surface area contributed by atoms with E-state index in [-0.39, 0.29) is 11.2 Å². The first-order valence-electron chi connectivity index (χ1n) is 5.41. The molecular weight excluding hydrogens is 222 g/mol. The van der Waals surface area contributed by atoms with Gasteiger partial charge in [-0.15, -0.1) is 0 Å². The van der Waals surface area contributed by atoms with Crippen LogP contribution in [-0.2, 0) is 4.79 Å². The molecule has 4 nitrogen and oxygen atoms in total. The molecule has 1 aromatic rings. The molecule has 1 aliphatic heterocycles. The standard InChI is InChI=1S/C11H15N3OS/c12-8-4-5-10(14-7-8)16-9-3-1-2-6-13-11(9)15/h4-5,7,9H,1-3,6,12H2,(H,13,15). The lowest BCUT2D eigenvalue weighted by atomic mass is 10.2. The zero-order chi connectivity index (χ0) is 11.4. The molecule has 1 amide bonds. The predicted octanol–water partition coefficient (Wildman–Crippen LogP) is 1.42. The van der Waals surface area contributed by atoms with Crippen LogP contribution in [-0.4, -0.2) is 22.7 Å². The van der Waals surface area contributed by atoms with Crippen LogP contribution in [0.15, 0.2) is 23.4 Å². The highest BCUT2D eigenvalue weighted by atomic mass is 32.2. The van der Waals surface area contributed by atoms with Crippen LogP contribution < -0.4 is 11.1 Å². The molecule has 0 bridgehead atoms. The second kappa shape index (κ2) is 5.21. The van der Waals surface area contributed by atoms with Crippen LogP contribution in [0.2, 0.25) is 0 Å². The molecular formula is C11H15N3OS. The van der Waals surface area contributed by atoms with Gasteiger partial charge in [0, 0.05) is 6.54 Å². The molecule has 2 heterocycles. The third kappa shape index (κ3) is 2.88. The molecule has 3 N–H and O–H groups in total. The molecule has 1 atom stereocenters. The number of carbonyl (C=O) groups is 1. The van der Waals surface area contributed by atoms with E-state index in [2.05, 4.69) is 10.3 Å². The van der Waals surface area contributed by atoms with Gasteiger partial charge in [-0.2, -0.15) is 0 Å². The van der Waals surface area contributed by atoms with Gasteiger partial charge in [-0.3, -0.25) is 4.79 Å². The zero-order valence-electron chi connectivity index (χ0n) is 8.98. The Kier molecular flexibility index (Phi) is 3.66. The third-order valence-corrected chi connectivity index (χ3v) is 3.72. The predicted molar refractivity (Wildman–Crippen MR) is 65.2 cm³/mol. The topological polar surface area (TPSA) is 68.0 Å². The number of nitrogen functional groups attached to an aromatic ring is 1. The molecule has 1 aliphatic rings. The Morgan fingerprint density at radius 2 is 2.31 bits per heavy atom. The van der Waals surface area contributed by atoms with Crippen LogP contribution >= 0.6 is 11.8 Å². The molecule has 0 aromatic carbocycles. The SMILES string of the molecule is Nc1ccc(SC2CCCCNC2=O)nc1. The van der Waals surface area contributed by atoms with Crippen molar-refractivity contribution in [1.82, 2.24) is 10.3 Å². The van der Waals surface area contributed by atoms with Gasteiger partial charge in [-0.1, -0.05) is 18.2 Å². The maximum Gasteiger partial charge on any atom is 0.233 e. The number of nitrogens with two attached hydrogens (primary N) is 1. The number of amides is 1. The van der Waals surface area contributed by atoms with Crippen molar-refractivity contribution in [3.05, 3.63) is 18.3 Å². The summed E-state index contributed by atoms with van der Waals surface area (Å²) in [5.74, 6) is 0.126. The van der Waals surface area contributed by atoms with Crippen LogP contribution in [0, 0.1) is 0 Å². The van der Waals surface area contributed by atoms with E-state index >= 15 is 0 Å². The van der Waals surface area contributed by atoms with Crippen LogP contribution in [0.3, 0.4) is 0 Å². The Labute approximate surface area is 99.0 Å². The minimum Gasteiger partial charge on any atom is -0.397 e. The van der Waals surface area contributed by atoms with Crippen molar-refractivity contribution < 1.29 is 4.79 Å². The van der Waals surface area contributed by atoms with Crippen molar-refractivity contribution in [1.29, 1.82) is 0 Å². The number of aromatic nitrogens is 1. The van der Waals surface area contributed by atoms with Gasteiger partial charge in [-0.05, 0) is 25.0 Å². The first kappa shape index (κ1) is 11.3. The van der Waals surface area contributed by atoms with Crippen molar-refractivity contribution >= 4 is 23.4 Å². The maximum atomic E-state index is 11.7. The Morgan fingerprint density at radius 1 is 1.44 bits per heavy atom. The Balaban J connectivity index is 2.02. The Morgan fingerprint density at radius 3 is 3.06 bits per heavy atom. The van der Waals surface area contributed by atoms with Crippen molar-refractivity contribution in [3.63, 3.8) is 0 Å². The molecule has 1 aromatic heterocycles. The normalized spacial score (nSPS) is 21.2. The first-order chi connectivity index (χ1) is 7.75. The number of nitrogens with zero attached hydrogens (tertiary/aromatic N) is 1. The number of pyridine rings is 1. The molecule has 1 fully saturated rings. The second-order valence-electron chi connectivity index (χ2n) is 3.82. The van der Waals surface area contributed by atoms with Crippen molar-refractivity contribution in [2.75, 3.05) is 12.3 Å². The van der Waals surface area contributed by atoms with Crippen molar-refractivity contribution in [2.24, 2.45) is 0 Å². The monoisotopic (exact) mass is 237 g/mol. The van der Waals surface area contributed by atoms with Crippen LogP contribution in [0.5, 0.6) is 0 Å². The minimum absolute atomic E-state index is 0.0152. The lowest BCUT2D eigenvalue weighted by Crippen LogP contribution is -2.30. The van der Waals surface area contributed by atoms with E-state index in [1.165, 1.54) is 11.8 Å². The number of carbonyl (C=O) groups excluding carboxylic acids is 1. The van der Waals surface area contributed by atoms with Crippen molar-refractivity contribution in [3.8, 4) is 0 Å². The summed E-state index contributed by atoms with van der Waals surface area (Å²) in [5.41, 5.74) is 6.21. The second-order valence-corrected chi connectivity index (χ2v) is 5.05. The molecule has 0 spiro atoms. The van der Waals surface area contributed by atoms with Gasteiger partial charge < -0.3 is 11.1 Å². The average molecular weight is 237 g/mol. The molecule has 16 heavy (non-hydrogen) atoms. The molecule has 1 unspecified atom stereocenters. The molecule has 0 saturated carbocycles. The molecule has 0 aliphatic carbocycles. The largest absolute Gasteiger partial charge is 0.397 e. The summed E-state index contributed by atoms with van der Waals surface area (Å²) in [5, 5.41) is 3.76. The molecule has 2 rings (SSSR count). The van der Waals surface area contributed by atoms with Crippen LogP contribution in [0.25, 0.3) is 0 Å². The molecule has 5 heteroatoms. The molecule has 86 valence electrons. The summed E-state index contributed by atoms with van der Waals surface area (Å²) < 4.78 is 0. The van der Waals surface area contributed by atoms with E-state index < -0.39 is 0 Å². The summed E-state index contributed by atoms with van der Waals surface area (Å²) in [6.45, 7) is 0.797. The van der Waals surface area contributed by atoms with E-state index in [0.29, 0.717) is 5.69 Å².